The number of carbonyl (C=O) groups excluding carboxylic acids is 3. The van der Waals surface area contributed by atoms with Gasteiger partial charge in [0.2, 0.25) is 5.91 Å². The fourth-order valence-electron chi connectivity index (χ4n) is 4.52. The van der Waals surface area contributed by atoms with Crippen molar-refractivity contribution in [3.8, 4) is 0 Å². The third kappa shape index (κ3) is 4.19. The molecule has 146 valence electrons. The Hall–Kier alpha value is -1.63. The number of nitrogens with zero attached hydrogens (tertiary/aromatic N) is 1. The molecule has 0 bridgehead atoms. The SMILES string of the molecule is CCC1CCC2(CC1)NC(=O)N(CC(=O)NCCC1CCCNC1)C2=O. The van der Waals surface area contributed by atoms with E-state index < -0.39 is 11.6 Å². The topological polar surface area (TPSA) is 90.5 Å². The quantitative estimate of drug-likeness (QED) is 0.621. The van der Waals surface area contributed by atoms with E-state index in [4.69, 9.17) is 0 Å². The maximum atomic E-state index is 12.8. The van der Waals surface area contributed by atoms with Crippen LogP contribution in [0, 0.1) is 11.8 Å². The van der Waals surface area contributed by atoms with Crippen molar-refractivity contribution in [2.45, 2.75) is 63.8 Å². The summed E-state index contributed by atoms with van der Waals surface area (Å²) in [4.78, 5) is 38.4. The second kappa shape index (κ2) is 8.37. The number of nitrogens with one attached hydrogen (secondary N) is 3. The smallest absolute Gasteiger partial charge is 0.325 e. The van der Waals surface area contributed by atoms with Crippen LogP contribution in [-0.2, 0) is 9.59 Å². The summed E-state index contributed by atoms with van der Waals surface area (Å²) in [6, 6.07) is -0.420. The van der Waals surface area contributed by atoms with Gasteiger partial charge >= 0.3 is 6.03 Å². The molecule has 0 radical (unpaired) electrons. The lowest BCUT2D eigenvalue weighted by atomic mass is 9.75. The molecule has 1 aliphatic carbocycles. The molecule has 3 aliphatic rings. The van der Waals surface area contributed by atoms with Crippen molar-refractivity contribution in [3.05, 3.63) is 0 Å². The fourth-order valence-corrected chi connectivity index (χ4v) is 4.52. The summed E-state index contributed by atoms with van der Waals surface area (Å²) in [6.07, 6.45) is 7.70. The molecule has 1 saturated carbocycles. The largest absolute Gasteiger partial charge is 0.355 e. The molecular weight excluding hydrogens is 332 g/mol. The molecule has 3 rings (SSSR count). The molecule has 4 amide bonds. The predicted octanol–water partition coefficient (Wildman–Crippen LogP) is 1.38. The van der Waals surface area contributed by atoms with Crippen LogP contribution in [0.25, 0.3) is 0 Å². The standard InChI is InChI=1S/C19H32N4O3/c1-2-14-5-8-19(9-6-14)17(25)23(18(26)22-19)13-16(24)21-11-7-15-4-3-10-20-12-15/h14-15,20H,2-13H2,1H3,(H,21,24)(H,22,26). The summed E-state index contributed by atoms with van der Waals surface area (Å²) in [6.45, 7) is 4.67. The number of amides is 4. The van der Waals surface area contributed by atoms with Gasteiger partial charge in [0.05, 0.1) is 0 Å². The molecule has 7 nitrogen and oxygen atoms in total. The van der Waals surface area contributed by atoms with E-state index in [1.54, 1.807) is 0 Å². The van der Waals surface area contributed by atoms with Crippen molar-refractivity contribution in [1.82, 2.24) is 20.9 Å². The number of piperidine rings is 1. The summed E-state index contributed by atoms with van der Waals surface area (Å²) in [5.74, 6) is 0.759. The zero-order chi connectivity index (χ0) is 18.6. The van der Waals surface area contributed by atoms with Crippen molar-refractivity contribution < 1.29 is 14.4 Å². The van der Waals surface area contributed by atoms with E-state index in [9.17, 15) is 14.4 Å². The average molecular weight is 364 g/mol. The Morgan fingerprint density at radius 1 is 1.23 bits per heavy atom. The molecule has 1 spiro atoms. The van der Waals surface area contributed by atoms with Crippen LogP contribution in [0.15, 0.2) is 0 Å². The predicted molar refractivity (Wildman–Crippen MR) is 98.4 cm³/mol. The minimum Gasteiger partial charge on any atom is -0.355 e. The van der Waals surface area contributed by atoms with Crippen molar-refractivity contribution in [3.63, 3.8) is 0 Å². The number of imide groups is 1. The first-order valence-electron chi connectivity index (χ1n) is 10.2. The monoisotopic (exact) mass is 364 g/mol. The van der Waals surface area contributed by atoms with E-state index in [1.165, 1.54) is 12.8 Å². The number of hydrogen-bond donors (Lipinski definition) is 3. The van der Waals surface area contributed by atoms with Gasteiger partial charge in [-0.2, -0.15) is 0 Å². The molecule has 1 unspecified atom stereocenters. The van der Waals surface area contributed by atoms with Gasteiger partial charge in [-0.25, -0.2) is 4.79 Å². The maximum absolute atomic E-state index is 12.8. The van der Waals surface area contributed by atoms with Crippen molar-refractivity contribution in [2.75, 3.05) is 26.2 Å². The number of urea groups is 1. The minimum absolute atomic E-state index is 0.174. The van der Waals surface area contributed by atoms with Gasteiger partial charge in [-0.3, -0.25) is 14.5 Å². The van der Waals surface area contributed by atoms with Gasteiger partial charge < -0.3 is 16.0 Å². The highest BCUT2D eigenvalue weighted by Crippen LogP contribution is 2.37. The van der Waals surface area contributed by atoms with E-state index in [0.29, 0.717) is 31.2 Å². The highest BCUT2D eigenvalue weighted by atomic mass is 16.2. The Morgan fingerprint density at radius 3 is 2.65 bits per heavy atom. The Morgan fingerprint density at radius 2 is 2.00 bits per heavy atom. The fraction of sp³-hybridized carbons (Fsp3) is 0.842. The van der Waals surface area contributed by atoms with Gasteiger partial charge in [0, 0.05) is 6.54 Å². The first kappa shape index (κ1) is 19.1. The van der Waals surface area contributed by atoms with Gasteiger partial charge in [-0.15, -0.1) is 0 Å². The lowest BCUT2D eigenvalue weighted by Crippen LogP contribution is -2.50. The summed E-state index contributed by atoms with van der Waals surface area (Å²) in [7, 11) is 0. The lowest BCUT2D eigenvalue weighted by molar-refractivity contribution is -0.136. The van der Waals surface area contributed by atoms with E-state index >= 15 is 0 Å². The van der Waals surface area contributed by atoms with Gasteiger partial charge in [0.1, 0.15) is 12.1 Å². The third-order valence-corrected chi connectivity index (χ3v) is 6.36. The second-order valence-electron chi connectivity index (χ2n) is 8.11. The Labute approximate surface area is 155 Å². The molecule has 0 aromatic rings. The molecule has 1 atom stereocenters. The molecule has 0 aromatic heterocycles. The Bertz CT molecular complexity index is 537. The molecular formula is C19H32N4O3. The zero-order valence-electron chi connectivity index (χ0n) is 15.8. The van der Waals surface area contributed by atoms with Crippen LogP contribution >= 0.6 is 0 Å². The molecule has 2 aliphatic heterocycles. The van der Waals surface area contributed by atoms with Gasteiger partial charge in [-0.1, -0.05) is 13.3 Å². The van der Waals surface area contributed by atoms with Gasteiger partial charge in [0.25, 0.3) is 5.91 Å². The van der Waals surface area contributed by atoms with E-state index in [1.807, 2.05) is 0 Å². The number of hydrogen-bond acceptors (Lipinski definition) is 4. The van der Waals surface area contributed by atoms with Crippen LogP contribution in [-0.4, -0.2) is 54.5 Å². The molecule has 2 saturated heterocycles. The molecule has 3 fully saturated rings. The van der Waals surface area contributed by atoms with Crippen LogP contribution in [0.1, 0.15) is 58.3 Å². The van der Waals surface area contributed by atoms with Crippen LogP contribution in [0.2, 0.25) is 0 Å². The Balaban J connectivity index is 1.46. The van der Waals surface area contributed by atoms with Crippen molar-refractivity contribution >= 4 is 17.8 Å². The minimum atomic E-state index is -0.767. The molecule has 7 heteroatoms. The van der Waals surface area contributed by atoms with E-state index in [0.717, 1.165) is 43.7 Å². The first-order chi connectivity index (χ1) is 12.5. The average Bonchev–Trinajstić information content (AvgIpc) is 2.87. The number of carbonyl (C=O) groups is 3. The second-order valence-corrected chi connectivity index (χ2v) is 8.11. The third-order valence-electron chi connectivity index (χ3n) is 6.36. The number of rotatable bonds is 6. The highest BCUT2D eigenvalue weighted by molar-refractivity contribution is 6.09. The van der Waals surface area contributed by atoms with Crippen LogP contribution in [0.4, 0.5) is 4.79 Å². The lowest BCUT2D eigenvalue weighted by Gasteiger charge is -2.34. The van der Waals surface area contributed by atoms with E-state index in [-0.39, 0.29) is 18.4 Å². The summed E-state index contributed by atoms with van der Waals surface area (Å²) in [5.41, 5.74) is -0.767. The normalized spacial score (nSPS) is 32.0. The van der Waals surface area contributed by atoms with Crippen molar-refractivity contribution in [2.24, 2.45) is 11.8 Å². The van der Waals surface area contributed by atoms with Crippen molar-refractivity contribution in [1.29, 1.82) is 0 Å². The highest BCUT2D eigenvalue weighted by Gasteiger charge is 2.52. The molecule has 26 heavy (non-hydrogen) atoms. The first-order valence-corrected chi connectivity index (χ1v) is 10.2. The Kier molecular flexibility index (Phi) is 6.16. The van der Waals surface area contributed by atoms with E-state index in [2.05, 4.69) is 22.9 Å². The molecule has 3 N–H and O–H groups in total. The molecule has 2 heterocycles. The summed E-state index contributed by atoms with van der Waals surface area (Å²) >= 11 is 0. The zero-order valence-corrected chi connectivity index (χ0v) is 15.8. The van der Waals surface area contributed by atoms with Gasteiger partial charge in [0.15, 0.2) is 0 Å². The van der Waals surface area contributed by atoms with Crippen LogP contribution in [0.5, 0.6) is 0 Å². The summed E-state index contributed by atoms with van der Waals surface area (Å²) in [5, 5.41) is 9.11. The van der Waals surface area contributed by atoms with Crippen LogP contribution in [0.3, 0.4) is 0 Å². The summed E-state index contributed by atoms with van der Waals surface area (Å²) < 4.78 is 0. The van der Waals surface area contributed by atoms with Crippen LogP contribution < -0.4 is 16.0 Å². The van der Waals surface area contributed by atoms with Gasteiger partial charge in [-0.05, 0) is 69.9 Å². The molecule has 0 aromatic carbocycles. The maximum Gasteiger partial charge on any atom is 0.325 e.